The summed E-state index contributed by atoms with van der Waals surface area (Å²) in [5.41, 5.74) is 3.09. The maximum atomic E-state index is 11.1. The Hall–Kier alpha value is -3.56. The molecule has 5 nitrogen and oxygen atoms in total. The van der Waals surface area contributed by atoms with Gasteiger partial charge >= 0.3 is 5.97 Å². The fraction of sp³-hybridized carbons (Fsp3) is 0.0833. The van der Waals surface area contributed by atoms with E-state index in [1.165, 1.54) is 6.07 Å². The van der Waals surface area contributed by atoms with E-state index in [4.69, 9.17) is 14.6 Å². The Morgan fingerprint density at radius 2 is 1.83 bits per heavy atom. The number of rotatable bonds is 7. The fourth-order valence-corrected chi connectivity index (χ4v) is 3.09. The molecule has 30 heavy (non-hydrogen) atoms. The minimum atomic E-state index is -0.982. The number of aromatic carboxylic acids is 1. The Bertz CT molecular complexity index is 1130. The van der Waals surface area contributed by atoms with Crippen LogP contribution < -0.4 is 9.47 Å². The lowest BCUT2D eigenvalue weighted by atomic mass is 10.0. The lowest BCUT2D eigenvalue weighted by Crippen LogP contribution is -2.01. The van der Waals surface area contributed by atoms with Crippen molar-refractivity contribution in [1.29, 1.82) is 5.26 Å². The molecule has 6 heteroatoms. The molecule has 3 rings (SSSR count). The first-order valence-corrected chi connectivity index (χ1v) is 9.80. The molecule has 150 valence electrons. The van der Waals surface area contributed by atoms with Crippen molar-refractivity contribution in [1.82, 2.24) is 0 Å². The Kier molecular flexibility index (Phi) is 6.89. The van der Waals surface area contributed by atoms with Crippen molar-refractivity contribution in [3.63, 3.8) is 0 Å². The number of nitriles is 1. The van der Waals surface area contributed by atoms with E-state index in [9.17, 15) is 10.1 Å². The third-order valence-electron chi connectivity index (χ3n) is 4.34. The van der Waals surface area contributed by atoms with E-state index in [-0.39, 0.29) is 12.2 Å². The number of benzene rings is 3. The number of hydrogen-bond donors (Lipinski definition) is 1. The van der Waals surface area contributed by atoms with Crippen LogP contribution in [-0.2, 0) is 6.61 Å². The Balaban J connectivity index is 1.81. The van der Waals surface area contributed by atoms with Crippen LogP contribution in [0.1, 0.15) is 27.0 Å². The third-order valence-corrected chi connectivity index (χ3v) is 4.87. The van der Waals surface area contributed by atoms with Crippen LogP contribution in [0.2, 0.25) is 0 Å². The molecule has 0 heterocycles. The van der Waals surface area contributed by atoms with Crippen LogP contribution in [0.15, 0.2) is 71.2 Å². The van der Waals surface area contributed by atoms with Crippen molar-refractivity contribution in [2.24, 2.45) is 0 Å². The summed E-state index contributed by atoms with van der Waals surface area (Å²) < 4.78 is 12.2. The fourth-order valence-electron chi connectivity index (χ4n) is 2.82. The van der Waals surface area contributed by atoms with E-state index in [2.05, 4.69) is 22.0 Å². The van der Waals surface area contributed by atoms with Gasteiger partial charge in [0.15, 0.2) is 11.5 Å². The van der Waals surface area contributed by atoms with Crippen LogP contribution in [0, 0.1) is 11.3 Å². The van der Waals surface area contributed by atoms with Crippen LogP contribution >= 0.6 is 15.9 Å². The van der Waals surface area contributed by atoms with Crippen LogP contribution in [0.5, 0.6) is 11.5 Å². The monoisotopic (exact) mass is 463 g/mol. The van der Waals surface area contributed by atoms with E-state index in [1.807, 2.05) is 30.3 Å². The van der Waals surface area contributed by atoms with E-state index in [1.54, 1.807) is 43.5 Å². The average molecular weight is 464 g/mol. The van der Waals surface area contributed by atoms with Gasteiger partial charge in [-0.1, -0.05) is 46.3 Å². The molecule has 0 aliphatic carbocycles. The van der Waals surface area contributed by atoms with Crippen molar-refractivity contribution < 1.29 is 19.4 Å². The molecule has 0 aliphatic heterocycles. The van der Waals surface area contributed by atoms with E-state index in [0.29, 0.717) is 17.1 Å². The summed E-state index contributed by atoms with van der Waals surface area (Å²) >= 11 is 3.39. The van der Waals surface area contributed by atoms with Crippen LogP contribution in [0.3, 0.4) is 0 Å². The highest BCUT2D eigenvalue weighted by Gasteiger charge is 2.09. The predicted octanol–water partition coefficient (Wildman–Crippen LogP) is 5.80. The lowest BCUT2D eigenvalue weighted by Gasteiger charge is -2.12. The number of carbonyl (C=O) groups is 1. The summed E-state index contributed by atoms with van der Waals surface area (Å²) in [6.07, 6.45) is 1.78. The highest BCUT2D eigenvalue weighted by atomic mass is 79.9. The quantitative estimate of drug-likeness (QED) is 0.353. The molecule has 3 aromatic carbocycles. The summed E-state index contributed by atoms with van der Waals surface area (Å²) in [6.45, 7) is 0.203. The number of carboxylic acids is 1. The van der Waals surface area contributed by atoms with Crippen molar-refractivity contribution in [3.8, 4) is 17.6 Å². The summed E-state index contributed by atoms with van der Waals surface area (Å²) in [7, 11) is 1.54. The van der Waals surface area contributed by atoms with Crippen LogP contribution in [0.4, 0.5) is 0 Å². The van der Waals surface area contributed by atoms with Gasteiger partial charge in [0.1, 0.15) is 6.61 Å². The van der Waals surface area contributed by atoms with Gasteiger partial charge in [-0.2, -0.15) is 5.26 Å². The zero-order valence-corrected chi connectivity index (χ0v) is 17.7. The Labute approximate surface area is 182 Å². The molecule has 0 aromatic heterocycles. The van der Waals surface area contributed by atoms with E-state index in [0.717, 1.165) is 21.2 Å². The number of methoxy groups -OCH3 is 1. The van der Waals surface area contributed by atoms with Gasteiger partial charge in [-0.15, -0.1) is 0 Å². The first-order valence-electron chi connectivity index (χ1n) is 9.01. The predicted molar refractivity (Wildman–Crippen MR) is 118 cm³/mol. The zero-order valence-electron chi connectivity index (χ0n) is 16.1. The number of ether oxygens (including phenoxy) is 2. The maximum Gasteiger partial charge on any atom is 0.335 e. The molecule has 0 unspecified atom stereocenters. The number of halogens is 1. The molecule has 0 aliphatic rings. The molecule has 0 bridgehead atoms. The standard InChI is InChI=1S/C24H18BrNO4/c1-29-23-13-16(11-20(14-26)18-6-8-21(25)9-7-18)5-10-22(23)30-15-17-3-2-4-19(12-17)24(27)28/h2-13H,15H2,1H3,(H,27,28)/b20-11-. The van der Waals surface area contributed by atoms with Gasteiger partial charge in [0, 0.05) is 4.47 Å². The minimum Gasteiger partial charge on any atom is -0.493 e. The van der Waals surface area contributed by atoms with Crippen molar-refractivity contribution in [3.05, 3.63) is 93.5 Å². The van der Waals surface area contributed by atoms with Crippen molar-refractivity contribution in [2.75, 3.05) is 7.11 Å². The Morgan fingerprint density at radius 1 is 1.07 bits per heavy atom. The summed E-state index contributed by atoms with van der Waals surface area (Å²) in [5.74, 6) is 0.0633. The number of allylic oxidation sites excluding steroid dienone is 1. The summed E-state index contributed by atoms with van der Waals surface area (Å²) in [4.78, 5) is 11.1. The van der Waals surface area contributed by atoms with Gasteiger partial charge in [0.05, 0.1) is 24.3 Å². The number of nitrogens with zero attached hydrogens (tertiary/aromatic N) is 1. The van der Waals surface area contributed by atoms with Crippen molar-refractivity contribution in [2.45, 2.75) is 6.61 Å². The van der Waals surface area contributed by atoms with Gasteiger partial charge in [0.25, 0.3) is 0 Å². The highest BCUT2D eigenvalue weighted by Crippen LogP contribution is 2.30. The molecular weight excluding hydrogens is 446 g/mol. The average Bonchev–Trinajstić information content (AvgIpc) is 2.77. The largest absolute Gasteiger partial charge is 0.493 e. The smallest absolute Gasteiger partial charge is 0.335 e. The lowest BCUT2D eigenvalue weighted by molar-refractivity contribution is 0.0696. The van der Waals surface area contributed by atoms with Crippen molar-refractivity contribution >= 4 is 33.5 Å². The van der Waals surface area contributed by atoms with Gasteiger partial charge in [-0.25, -0.2) is 4.79 Å². The molecule has 0 atom stereocenters. The molecular formula is C24H18BrNO4. The Morgan fingerprint density at radius 3 is 2.50 bits per heavy atom. The number of carboxylic acid groups (broad SMARTS) is 1. The van der Waals surface area contributed by atoms with Crippen LogP contribution in [-0.4, -0.2) is 18.2 Å². The molecule has 0 saturated carbocycles. The first-order chi connectivity index (χ1) is 14.5. The van der Waals surface area contributed by atoms with Gasteiger partial charge in [0.2, 0.25) is 0 Å². The molecule has 0 saturated heterocycles. The summed E-state index contributed by atoms with van der Waals surface area (Å²) in [5, 5.41) is 18.6. The van der Waals surface area contributed by atoms with Gasteiger partial charge in [-0.05, 0) is 59.2 Å². The molecule has 3 aromatic rings. The number of hydrogen-bond acceptors (Lipinski definition) is 4. The second-order valence-corrected chi connectivity index (χ2v) is 7.30. The van der Waals surface area contributed by atoms with E-state index < -0.39 is 5.97 Å². The van der Waals surface area contributed by atoms with Gasteiger partial charge in [-0.3, -0.25) is 0 Å². The molecule has 0 radical (unpaired) electrons. The van der Waals surface area contributed by atoms with E-state index >= 15 is 0 Å². The minimum absolute atomic E-state index is 0.203. The second-order valence-electron chi connectivity index (χ2n) is 6.38. The molecule has 0 spiro atoms. The van der Waals surface area contributed by atoms with Crippen LogP contribution in [0.25, 0.3) is 11.6 Å². The SMILES string of the molecule is COc1cc(/C=C(/C#N)c2ccc(Br)cc2)ccc1OCc1cccc(C(=O)O)c1. The maximum absolute atomic E-state index is 11.1. The third kappa shape index (κ3) is 5.28. The molecule has 0 fully saturated rings. The topological polar surface area (TPSA) is 79.5 Å². The molecule has 0 amide bonds. The normalized spacial score (nSPS) is 10.9. The first kappa shape index (κ1) is 21.2. The summed E-state index contributed by atoms with van der Waals surface area (Å²) in [6, 6.07) is 21.7. The van der Waals surface area contributed by atoms with Gasteiger partial charge < -0.3 is 14.6 Å². The highest BCUT2D eigenvalue weighted by molar-refractivity contribution is 9.10. The zero-order chi connectivity index (χ0) is 21.5. The second kappa shape index (κ2) is 9.77. The molecule has 1 N–H and O–H groups in total.